The van der Waals surface area contributed by atoms with Crippen LogP contribution in [0.5, 0.6) is 0 Å². The van der Waals surface area contributed by atoms with E-state index in [1.165, 1.54) is 5.39 Å². The Morgan fingerprint density at radius 1 is 1.38 bits per heavy atom. The molecule has 1 saturated heterocycles. The van der Waals surface area contributed by atoms with E-state index in [2.05, 4.69) is 22.0 Å². The molecule has 0 bridgehead atoms. The number of anilines is 1. The Hall–Kier alpha value is -2.10. The molecule has 4 heteroatoms. The number of ether oxygens (including phenoxy) is 1. The molecule has 1 aliphatic heterocycles. The molecule has 0 aliphatic carbocycles. The van der Waals surface area contributed by atoms with Gasteiger partial charge in [0.05, 0.1) is 24.4 Å². The summed E-state index contributed by atoms with van der Waals surface area (Å²) in [5.74, 6) is -0.104. The van der Waals surface area contributed by atoms with Gasteiger partial charge in [0.15, 0.2) is 0 Å². The monoisotopic (exact) mass is 284 g/mol. The Balaban J connectivity index is 1.87. The fourth-order valence-electron chi connectivity index (χ4n) is 3.00. The van der Waals surface area contributed by atoms with Crippen LogP contribution in [0.2, 0.25) is 0 Å². The van der Waals surface area contributed by atoms with Gasteiger partial charge in [-0.15, -0.1) is 0 Å². The third kappa shape index (κ3) is 2.84. The van der Waals surface area contributed by atoms with Crippen molar-refractivity contribution >= 4 is 22.4 Å². The second-order valence-electron chi connectivity index (χ2n) is 5.42. The summed E-state index contributed by atoms with van der Waals surface area (Å²) in [4.78, 5) is 18.6. The Bertz CT molecular complexity index is 636. The highest BCUT2D eigenvalue weighted by Crippen LogP contribution is 2.29. The molecule has 1 fully saturated rings. The van der Waals surface area contributed by atoms with E-state index in [0.717, 1.165) is 30.5 Å². The normalized spacial score (nSPS) is 18.7. The molecule has 0 saturated carbocycles. The molecule has 1 atom stereocenters. The minimum absolute atomic E-state index is 0.0299. The lowest BCUT2D eigenvalue weighted by Crippen LogP contribution is -2.39. The first-order valence-corrected chi connectivity index (χ1v) is 7.54. The molecule has 0 unspecified atom stereocenters. The topological polar surface area (TPSA) is 42.4 Å². The number of piperidine rings is 1. The van der Waals surface area contributed by atoms with Crippen molar-refractivity contribution in [2.75, 3.05) is 24.6 Å². The summed E-state index contributed by atoms with van der Waals surface area (Å²) in [6, 6.07) is 8.24. The first-order chi connectivity index (χ1) is 10.3. The zero-order valence-corrected chi connectivity index (χ0v) is 12.3. The first kappa shape index (κ1) is 13.9. The average Bonchev–Trinajstić information content (AvgIpc) is 2.55. The third-order valence-electron chi connectivity index (χ3n) is 4.03. The van der Waals surface area contributed by atoms with E-state index in [-0.39, 0.29) is 11.9 Å². The second-order valence-corrected chi connectivity index (χ2v) is 5.42. The number of hydrogen-bond donors (Lipinski definition) is 0. The molecule has 21 heavy (non-hydrogen) atoms. The number of hydrogen-bond acceptors (Lipinski definition) is 4. The van der Waals surface area contributed by atoms with Crippen molar-refractivity contribution in [3.05, 3.63) is 36.7 Å². The van der Waals surface area contributed by atoms with Gasteiger partial charge in [-0.1, -0.05) is 24.3 Å². The van der Waals surface area contributed by atoms with E-state index < -0.39 is 0 Å². The van der Waals surface area contributed by atoms with E-state index in [4.69, 9.17) is 4.74 Å². The van der Waals surface area contributed by atoms with E-state index in [1.807, 2.05) is 31.5 Å². The SMILES string of the molecule is CCOC(=O)[C@H]1CCCN(c2cncc3ccccc23)C1. The van der Waals surface area contributed by atoms with Crippen molar-refractivity contribution in [1.29, 1.82) is 0 Å². The van der Waals surface area contributed by atoms with Crippen LogP contribution in [0.25, 0.3) is 10.8 Å². The Kier molecular flexibility index (Phi) is 4.04. The minimum atomic E-state index is -0.0737. The van der Waals surface area contributed by atoms with Crippen LogP contribution in [0.15, 0.2) is 36.7 Å². The molecule has 1 aromatic heterocycles. The Morgan fingerprint density at radius 2 is 2.24 bits per heavy atom. The lowest BCUT2D eigenvalue weighted by molar-refractivity contribution is -0.148. The van der Waals surface area contributed by atoms with E-state index in [1.54, 1.807) is 0 Å². The van der Waals surface area contributed by atoms with Crippen molar-refractivity contribution in [3.8, 4) is 0 Å². The lowest BCUT2D eigenvalue weighted by atomic mass is 9.97. The molecule has 3 rings (SSSR count). The van der Waals surface area contributed by atoms with E-state index in [9.17, 15) is 4.79 Å². The molecule has 0 radical (unpaired) electrons. The summed E-state index contributed by atoms with van der Waals surface area (Å²) in [5, 5.41) is 2.32. The van der Waals surface area contributed by atoms with Crippen molar-refractivity contribution < 1.29 is 9.53 Å². The van der Waals surface area contributed by atoms with Crippen LogP contribution in [0.1, 0.15) is 19.8 Å². The van der Waals surface area contributed by atoms with Gasteiger partial charge in [-0.3, -0.25) is 9.78 Å². The van der Waals surface area contributed by atoms with Crippen LogP contribution in [0.4, 0.5) is 5.69 Å². The highest BCUT2D eigenvalue weighted by molar-refractivity contribution is 5.93. The standard InChI is InChI=1S/C17H20N2O2/c1-2-21-17(20)14-7-5-9-19(12-14)16-11-18-10-13-6-3-4-8-15(13)16/h3-4,6,8,10-11,14H,2,5,7,9,12H2,1H3/t14-/m0/s1. The zero-order valence-electron chi connectivity index (χ0n) is 12.3. The van der Waals surface area contributed by atoms with Crippen molar-refractivity contribution in [3.63, 3.8) is 0 Å². The second kappa shape index (κ2) is 6.12. The molecule has 2 heterocycles. The van der Waals surface area contributed by atoms with Crippen molar-refractivity contribution in [1.82, 2.24) is 4.98 Å². The van der Waals surface area contributed by atoms with Gasteiger partial charge in [0.1, 0.15) is 0 Å². The van der Waals surface area contributed by atoms with Crippen LogP contribution in [0, 0.1) is 5.92 Å². The highest BCUT2D eigenvalue weighted by atomic mass is 16.5. The summed E-state index contributed by atoms with van der Waals surface area (Å²) in [5.41, 5.74) is 1.11. The number of carbonyl (C=O) groups excluding carboxylic acids is 1. The molecule has 0 amide bonds. The third-order valence-corrected chi connectivity index (χ3v) is 4.03. The largest absolute Gasteiger partial charge is 0.466 e. The quantitative estimate of drug-likeness (QED) is 0.813. The summed E-state index contributed by atoms with van der Waals surface area (Å²) < 4.78 is 5.17. The molecular weight excluding hydrogens is 264 g/mol. The van der Waals surface area contributed by atoms with Gasteiger partial charge in [-0.25, -0.2) is 0 Å². The molecule has 0 spiro atoms. The minimum Gasteiger partial charge on any atom is -0.466 e. The van der Waals surface area contributed by atoms with E-state index >= 15 is 0 Å². The van der Waals surface area contributed by atoms with E-state index in [0.29, 0.717) is 13.2 Å². The maximum Gasteiger partial charge on any atom is 0.310 e. The number of pyridine rings is 1. The van der Waals surface area contributed by atoms with Crippen LogP contribution in [-0.2, 0) is 9.53 Å². The molecular formula is C17H20N2O2. The summed E-state index contributed by atoms with van der Waals surface area (Å²) in [7, 11) is 0. The smallest absolute Gasteiger partial charge is 0.310 e. The summed E-state index contributed by atoms with van der Waals surface area (Å²) >= 11 is 0. The van der Waals surface area contributed by atoms with Crippen LogP contribution in [0.3, 0.4) is 0 Å². The van der Waals surface area contributed by atoms with Crippen LogP contribution >= 0.6 is 0 Å². The van der Waals surface area contributed by atoms with Gasteiger partial charge in [-0.2, -0.15) is 0 Å². The van der Waals surface area contributed by atoms with Crippen molar-refractivity contribution in [2.24, 2.45) is 5.92 Å². The number of rotatable bonds is 3. The van der Waals surface area contributed by atoms with Gasteiger partial charge in [0, 0.05) is 30.1 Å². The average molecular weight is 284 g/mol. The van der Waals surface area contributed by atoms with Crippen molar-refractivity contribution in [2.45, 2.75) is 19.8 Å². The number of fused-ring (bicyclic) bond motifs is 1. The lowest BCUT2D eigenvalue weighted by Gasteiger charge is -2.33. The molecule has 1 aromatic carbocycles. The molecule has 110 valence electrons. The van der Waals surface area contributed by atoms with Crippen LogP contribution in [-0.4, -0.2) is 30.6 Å². The molecule has 4 nitrogen and oxygen atoms in total. The predicted octanol–water partition coefficient (Wildman–Crippen LogP) is 3.01. The fraction of sp³-hybridized carbons (Fsp3) is 0.412. The summed E-state index contributed by atoms with van der Waals surface area (Å²) in [6.45, 7) is 3.98. The van der Waals surface area contributed by atoms with Gasteiger partial charge < -0.3 is 9.64 Å². The number of benzene rings is 1. The number of nitrogens with zero attached hydrogens (tertiary/aromatic N) is 2. The molecule has 2 aromatic rings. The Morgan fingerprint density at radius 3 is 3.10 bits per heavy atom. The maximum atomic E-state index is 12.0. The molecule has 1 aliphatic rings. The van der Waals surface area contributed by atoms with Gasteiger partial charge in [-0.05, 0) is 19.8 Å². The Labute approximate surface area is 124 Å². The fourth-order valence-corrected chi connectivity index (χ4v) is 3.00. The number of carbonyl (C=O) groups is 1. The summed E-state index contributed by atoms with van der Waals surface area (Å²) in [6.07, 6.45) is 5.70. The molecule has 0 N–H and O–H groups in total. The van der Waals surface area contributed by atoms with Gasteiger partial charge >= 0.3 is 5.97 Å². The number of esters is 1. The van der Waals surface area contributed by atoms with Crippen LogP contribution < -0.4 is 4.90 Å². The maximum absolute atomic E-state index is 12.0. The number of aromatic nitrogens is 1. The van der Waals surface area contributed by atoms with Gasteiger partial charge in [0.25, 0.3) is 0 Å². The predicted molar refractivity (Wildman–Crippen MR) is 83.3 cm³/mol. The van der Waals surface area contributed by atoms with Gasteiger partial charge in [0.2, 0.25) is 0 Å². The highest BCUT2D eigenvalue weighted by Gasteiger charge is 2.27. The first-order valence-electron chi connectivity index (χ1n) is 7.54. The zero-order chi connectivity index (χ0) is 14.7.